The lowest BCUT2D eigenvalue weighted by Gasteiger charge is -2.18. The first-order valence-corrected chi connectivity index (χ1v) is 15.7. The number of carbonyl (C=O) groups is 3. The molecule has 0 bridgehead atoms. The number of anilines is 2. The van der Waals surface area contributed by atoms with Gasteiger partial charge in [0.05, 0.1) is 10.0 Å². The minimum absolute atomic E-state index is 0.0517. The number of benzene rings is 5. The quantitative estimate of drug-likeness (QED) is 0.101. The monoisotopic (exact) mass is 687 g/mol. The Morgan fingerprint density at radius 1 is 0.681 bits per heavy atom. The van der Waals surface area contributed by atoms with Crippen molar-refractivity contribution in [1.29, 1.82) is 0 Å². The molecule has 0 saturated heterocycles. The number of nitrogens with one attached hydrogen (secondary N) is 3. The summed E-state index contributed by atoms with van der Waals surface area (Å²) in [6, 6.07) is 32.0. The minimum atomic E-state index is -0.741. The van der Waals surface area contributed by atoms with Crippen LogP contribution in [0.2, 0.25) is 10.0 Å². The number of rotatable bonds is 10. The van der Waals surface area contributed by atoms with E-state index in [0.29, 0.717) is 21.8 Å². The van der Waals surface area contributed by atoms with E-state index in [4.69, 9.17) is 23.2 Å². The van der Waals surface area contributed by atoms with Crippen LogP contribution in [0.4, 0.5) is 20.2 Å². The highest BCUT2D eigenvalue weighted by molar-refractivity contribution is 8.00. The van der Waals surface area contributed by atoms with Gasteiger partial charge in [0.15, 0.2) is 0 Å². The van der Waals surface area contributed by atoms with Gasteiger partial charge in [-0.25, -0.2) is 8.78 Å². The molecule has 0 heterocycles. The molecule has 1 unspecified atom stereocenters. The summed E-state index contributed by atoms with van der Waals surface area (Å²) in [6.07, 6.45) is 1.17. The lowest BCUT2D eigenvalue weighted by molar-refractivity contribution is -0.116. The molecule has 5 rings (SSSR count). The summed E-state index contributed by atoms with van der Waals surface area (Å²) < 4.78 is 28.4. The summed E-state index contributed by atoms with van der Waals surface area (Å²) in [6.45, 7) is 0. The molecule has 0 spiro atoms. The van der Waals surface area contributed by atoms with E-state index in [2.05, 4.69) is 16.0 Å². The van der Waals surface area contributed by atoms with Crippen LogP contribution in [0.5, 0.6) is 0 Å². The van der Waals surface area contributed by atoms with Crippen molar-refractivity contribution in [2.75, 3.05) is 10.6 Å². The largest absolute Gasteiger partial charge is 0.325 e. The molecule has 1 atom stereocenters. The molecule has 0 aliphatic heterocycles. The third-order valence-electron chi connectivity index (χ3n) is 6.69. The van der Waals surface area contributed by atoms with Gasteiger partial charge in [-0.05, 0) is 72.3 Å². The molecule has 0 fully saturated rings. The van der Waals surface area contributed by atoms with Gasteiger partial charge in [0, 0.05) is 27.4 Å². The van der Waals surface area contributed by atoms with Crippen LogP contribution < -0.4 is 16.0 Å². The highest BCUT2D eigenvalue weighted by Gasteiger charge is 2.23. The zero-order valence-corrected chi connectivity index (χ0v) is 26.7. The van der Waals surface area contributed by atoms with Crippen molar-refractivity contribution in [3.05, 3.63) is 165 Å². The van der Waals surface area contributed by atoms with Gasteiger partial charge in [0.25, 0.3) is 11.8 Å². The van der Waals surface area contributed by atoms with Crippen molar-refractivity contribution in [1.82, 2.24) is 5.32 Å². The van der Waals surface area contributed by atoms with Crippen LogP contribution in [0.15, 0.2) is 132 Å². The first kappa shape index (κ1) is 33.4. The van der Waals surface area contributed by atoms with Gasteiger partial charge in [-0.3, -0.25) is 14.4 Å². The second-order valence-electron chi connectivity index (χ2n) is 10.0. The summed E-state index contributed by atoms with van der Waals surface area (Å²) >= 11 is 13.3. The maximum absolute atomic E-state index is 14.7. The van der Waals surface area contributed by atoms with Crippen LogP contribution in [0.3, 0.4) is 0 Å². The Labute approximate surface area is 283 Å². The van der Waals surface area contributed by atoms with E-state index in [1.54, 1.807) is 78.9 Å². The summed E-state index contributed by atoms with van der Waals surface area (Å²) in [5, 5.41) is 7.28. The maximum Gasteiger partial charge on any atom is 0.272 e. The third-order valence-corrected chi connectivity index (χ3v) is 8.56. The SMILES string of the molecule is O=C(Nc1cccc(SC(C(=O)Nc2ccc(F)c(Cl)c2)c2ccccc2)c1)/C(=C\c1c(F)cccc1Cl)NC(=O)c1ccccc1. The summed E-state index contributed by atoms with van der Waals surface area (Å²) in [7, 11) is 0. The van der Waals surface area contributed by atoms with E-state index in [-0.39, 0.29) is 32.8 Å². The van der Waals surface area contributed by atoms with Crippen LogP contribution in [-0.2, 0) is 9.59 Å². The Kier molecular flexibility index (Phi) is 11.1. The molecule has 3 amide bonds. The topological polar surface area (TPSA) is 87.3 Å². The van der Waals surface area contributed by atoms with Crippen molar-refractivity contribution < 1.29 is 23.2 Å². The van der Waals surface area contributed by atoms with Gasteiger partial charge < -0.3 is 16.0 Å². The van der Waals surface area contributed by atoms with Gasteiger partial charge in [0.2, 0.25) is 5.91 Å². The molecular weight excluding hydrogens is 663 g/mol. The first-order valence-electron chi connectivity index (χ1n) is 14.1. The summed E-state index contributed by atoms with van der Waals surface area (Å²) in [5.74, 6) is -2.98. The van der Waals surface area contributed by atoms with Crippen LogP contribution >= 0.6 is 35.0 Å². The molecular formula is C36H25Cl2F2N3O3S. The van der Waals surface area contributed by atoms with Gasteiger partial charge in [0.1, 0.15) is 22.6 Å². The van der Waals surface area contributed by atoms with E-state index >= 15 is 0 Å². The average Bonchev–Trinajstić information content (AvgIpc) is 3.07. The molecule has 47 heavy (non-hydrogen) atoms. The molecule has 3 N–H and O–H groups in total. The Morgan fingerprint density at radius 3 is 2.06 bits per heavy atom. The predicted octanol–water partition coefficient (Wildman–Crippen LogP) is 9.15. The standard InChI is InChI=1S/C36H25Cl2F2N3O3S/c37-28-15-8-16-30(39)27(28)21-32(43-34(44)23-11-5-2-6-12-23)35(45)41-24-13-7-14-26(19-24)47-33(22-9-3-1-4-10-22)36(46)42-25-17-18-31(40)29(38)20-25/h1-21,33H,(H,41,45)(H,42,46)(H,43,44)/b32-21+. The number of thioether (sulfide) groups is 1. The van der Waals surface area contributed by atoms with Gasteiger partial charge >= 0.3 is 0 Å². The van der Waals surface area contributed by atoms with Crippen LogP contribution in [0.25, 0.3) is 6.08 Å². The van der Waals surface area contributed by atoms with E-state index in [0.717, 1.165) is 0 Å². The fraction of sp³-hybridized carbons (Fsp3) is 0.0278. The number of amides is 3. The molecule has 0 saturated carbocycles. The zero-order valence-electron chi connectivity index (χ0n) is 24.3. The van der Waals surface area contributed by atoms with Crippen molar-refractivity contribution in [3.8, 4) is 0 Å². The fourth-order valence-electron chi connectivity index (χ4n) is 4.40. The number of hydrogen-bond donors (Lipinski definition) is 3. The average molecular weight is 689 g/mol. The smallest absolute Gasteiger partial charge is 0.272 e. The van der Waals surface area contributed by atoms with Crippen molar-refractivity contribution >= 4 is 70.1 Å². The van der Waals surface area contributed by atoms with E-state index < -0.39 is 28.7 Å². The molecule has 0 aliphatic carbocycles. The predicted molar refractivity (Wildman–Crippen MR) is 183 cm³/mol. The highest BCUT2D eigenvalue weighted by atomic mass is 35.5. The Morgan fingerprint density at radius 2 is 1.36 bits per heavy atom. The van der Waals surface area contributed by atoms with E-state index in [9.17, 15) is 23.2 Å². The zero-order chi connectivity index (χ0) is 33.3. The van der Waals surface area contributed by atoms with Crippen LogP contribution in [0.1, 0.15) is 26.7 Å². The van der Waals surface area contributed by atoms with Crippen LogP contribution in [0, 0.1) is 11.6 Å². The Balaban J connectivity index is 1.40. The molecule has 236 valence electrons. The van der Waals surface area contributed by atoms with Gasteiger partial charge in [-0.15, -0.1) is 11.8 Å². The summed E-state index contributed by atoms with van der Waals surface area (Å²) in [5.41, 5.74) is 1.35. The second kappa shape index (κ2) is 15.6. The molecule has 11 heteroatoms. The van der Waals surface area contributed by atoms with E-state index in [1.165, 1.54) is 54.2 Å². The highest BCUT2D eigenvalue weighted by Crippen LogP contribution is 2.37. The number of hydrogen-bond acceptors (Lipinski definition) is 4. The second-order valence-corrected chi connectivity index (χ2v) is 12.0. The number of carbonyl (C=O) groups excluding carboxylic acids is 3. The molecule has 5 aromatic rings. The molecule has 5 aromatic carbocycles. The summed E-state index contributed by atoms with van der Waals surface area (Å²) in [4.78, 5) is 40.7. The minimum Gasteiger partial charge on any atom is -0.325 e. The molecule has 0 radical (unpaired) electrons. The lowest BCUT2D eigenvalue weighted by Crippen LogP contribution is -2.30. The maximum atomic E-state index is 14.7. The van der Waals surface area contributed by atoms with Gasteiger partial charge in [-0.2, -0.15) is 0 Å². The van der Waals surface area contributed by atoms with Gasteiger partial charge in [-0.1, -0.05) is 83.9 Å². The van der Waals surface area contributed by atoms with E-state index in [1.807, 2.05) is 6.07 Å². The Hall–Kier alpha value is -4.96. The Bertz CT molecular complexity index is 1940. The molecule has 6 nitrogen and oxygen atoms in total. The molecule has 0 aliphatic rings. The number of halogens is 4. The van der Waals surface area contributed by atoms with Crippen molar-refractivity contribution in [2.45, 2.75) is 10.1 Å². The van der Waals surface area contributed by atoms with Crippen LogP contribution in [-0.4, -0.2) is 17.7 Å². The molecule has 0 aromatic heterocycles. The first-order chi connectivity index (χ1) is 22.7. The van der Waals surface area contributed by atoms with Crippen molar-refractivity contribution in [2.24, 2.45) is 0 Å². The lowest BCUT2D eigenvalue weighted by atomic mass is 10.1. The van der Waals surface area contributed by atoms with Crippen molar-refractivity contribution in [3.63, 3.8) is 0 Å². The third kappa shape index (κ3) is 8.86. The normalized spacial score (nSPS) is 11.8. The fourth-order valence-corrected chi connectivity index (χ4v) is 5.88.